The monoisotopic (exact) mass is 333 g/mol. The number of rotatable bonds is 5. The highest BCUT2D eigenvalue weighted by Crippen LogP contribution is 2.28. The smallest absolute Gasteiger partial charge is 0.232 e. The molecule has 1 saturated heterocycles. The molecule has 2 aromatic rings. The topological polar surface area (TPSA) is 80.2 Å². The minimum Gasteiger partial charge on any atom is -0.394 e. The molecule has 0 spiro atoms. The molecule has 132 valence electrons. The van der Waals surface area contributed by atoms with Crippen LogP contribution < -0.4 is 0 Å². The summed E-state index contributed by atoms with van der Waals surface area (Å²) in [4.78, 5) is 6.90. The SMILES string of the molecule is CC(C)(C)c1nc(CN2CCC(c3ccnn3CCO)CC2)no1. The van der Waals surface area contributed by atoms with E-state index in [1.165, 1.54) is 5.69 Å². The molecular weight excluding hydrogens is 306 g/mol. The first-order chi connectivity index (χ1) is 11.5. The Balaban J connectivity index is 1.55. The second-order valence-electron chi connectivity index (χ2n) is 7.52. The predicted octanol–water partition coefficient (Wildman–Crippen LogP) is 1.94. The average molecular weight is 333 g/mol. The van der Waals surface area contributed by atoms with Gasteiger partial charge in [0.05, 0.1) is 19.7 Å². The van der Waals surface area contributed by atoms with Crippen LogP contribution in [0.25, 0.3) is 0 Å². The van der Waals surface area contributed by atoms with E-state index >= 15 is 0 Å². The number of aromatic nitrogens is 4. The fourth-order valence-corrected chi connectivity index (χ4v) is 3.18. The minimum absolute atomic E-state index is 0.108. The van der Waals surface area contributed by atoms with Crippen molar-refractivity contribution in [3.63, 3.8) is 0 Å². The highest BCUT2D eigenvalue weighted by molar-refractivity contribution is 5.09. The molecule has 0 aliphatic carbocycles. The van der Waals surface area contributed by atoms with Crippen molar-refractivity contribution in [2.75, 3.05) is 19.7 Å². The summed E-state index contributed by atoms with van der Waals surface area (Å²) in [5.74, 6) is 1.97. The standard InChI is InChI=1S/C17H27N5O2/c1-17(2,3)16-19-15(20-24-16)12-21-8-5-13(6-9-21)14-4-7-18-22(14)10-11-23/h4,7,13,23H,5-6,8-12H2,1-3H3. The summed E-state index contributed by atoms with van der Waals surface area (Å²) >= 11 is 0. The lowest BCUT2D eigenvalue weighted by Gasteiger charge is -2.31. The maximum atomic E-state index is 9.13. The maximum absolute atomic E-state index is 9.13. The average Bonchev–Trinajstić information content (AvgIpc) is 3.18. The van der Waals surface area contributed by atoms with Crippen LogP contribution in [-0.2, 0) is 18.5 Å². The van der Waals surface area contributed by atoms with Gasteiger partial charge in [0.1, 0.15) is 0 Å². The molecule has 0 saturated carbocycles. The molecule has 0 unspecified atom stereocenters. The third-order valence-electron chi connectivity index (χ3n) is 4.54. The van der Waals surface area contributed by atoms with Crippen LogP contribution in [0.3, 0.4) is 0 Å². The lowest BCUT2D eigenvalue weighted by atomic mass is 9.93. The lowest BCUT2D eigenvalue weighted by molar-refractivity contribution is 0.192. The van der Waals surface area contributed by atoms with E-state index in [2.05, 4.69) is 47.0 Å². The number of likely N-dealkylation sites (tertiary alicyclic amines) is 1. The minimum atomic E-state index is -0.108. The van der Waals surface area contributed by atoms with Crippen LogP contribution in [-0.4, -0.2) is 49.6 Å². The second-order valence-corrected chi connectivity index (χ2v) is 7.52. The van der Waals surface area contributed by atoms with Crippen LogP contribution in [0.4, 0.5) is 0 Å². The number of piperidine rings is 1. The molecule has 1 aliphatic heterocycles. The van der Waals surface area contributed by atoms with Gasteiger partial charge in [0, 0.05) is 23.2 Å². The van der Waals surface area contributed by atoms with Crippen LogP contribution in [0.1, 0.15) is 56.9 Å². The van der Waals surface area contributed by atoms with Gasteiger partial charge in [-0.1, -0.05) is 25.9 Å². The van der Waals surface area contributed by atoms with Crippen molar-refractivity contribution < 1.29 is 9.63 Å². The zero-order chi connectivity index (χ0) is 17.2. The van der Waals surface area contributed by atoms with E-state index < -0.39 is 0 Å². The molecule has 7 heteroatoms. The third-order valence-corrected chi connectivity index (χ3v) is 4.54. The van der Waals surface area contributed by atoms with E-state index in [4.69, 9.17) is 9.63 Å². The van der Waals surface area contributed by atoms with Crippen molar-refractivity contribution >= 4 is 0 Å². The number of hydrogen-bond acceptors (Lipinski definition) is 6. The highest BCUT2D eigenvalue weighted by atomic mass is 16.5. The lowest BCUT2D eigenvalue weighted by Crippen LogP contribution is -2.33. The van der Waals surface area contributed by atoms with E-state index in [1.54, 1.807) is 0 Å². The summed E-state index contributed by atoms with van der Waals surface area (Å²) in [5.41, 5.74) is 1.13. The Kier molecular flexibility index (Phi) is 5.01. The first kappa shape index (κ1) is 17.1. The van der Waals surface area contributed by atoms with E-state index in [9.17, 15) is 0 Å². The summed E-state index contributed by atoms with van der Waals surface area (Å²) < 4.78 is 7.30. The molecule has 3 rings (SSSR count). The second kappa shape index (κ2) is 7.03. The van der Waals surface area contributed by atoms with E-state index in [0.717, 1.165) is 38.3 Å². The molecule has 1 fully saturated rings. The van der Waals surface area contributed by atoms with Crippen LogP contribution in [0.15, 0.2) is 16.8 Å². The summed E-state index contributed by atoms with van der Waals surface area (Å²) in [6.45, 7) is 9.68. The fourth-order valence-electron chi connectivity index (χ4n) is 3.18. The Bertz CT molecular complexity index is 650. The molecule has 0 amide bonds. The van der Waals surface area contributed by atoms with Crippen molar-refractivity contribution in [2.45, 2.75) is 58.0 Å². The van der Waals surface area contributed by atoms with Gasteiger partial charge in [-0.05, 0) is 32.0 Å². The summed E-state index contributed by atoms with van der Waals surface area (Å²) in [6.07, 6.45) is 3.99. The summed E-state index contributed by atoms with van der Waals surface area (Å²) in [5, 5.41) is 17.6. The molecule has 2 aromatic heterocycles. The number of aliphatic hydroxyl groups is 1. The zero-order valence-corrected chi connectivity index (χ0v) is 14.8. The maximum Gasteiger partial charge on any atom is 0.232 e. The third kappa shape index (κ3) is 3.84. The fraction of sp³-hybridized carbons (Fsp3) is 0.706. The molecule has 1 N–H and O–H groups in total. The highest BCUT2D eigenvalue weighted by Gasteiger charge is 2.26. The first-order valence-corrected chi connectivity index (χ1v) is 8.65. The van der Waals surface area contributed by atoms with Crippen molar-refractivity contribution in [3.8, 4) is 0 Å². The van der Waals surface area contributed by atoms with Gasteiger partial charge < -0.3 is 9.63 Å². The van der Waals surface area contributed by atoms with Gasteiger partial charge in [0.25, 0.3) is 0 Å². The van der Waals surface area contributed by atoms with Gasteiger partial charge in [-0.15, -0.1) is 0 Å². The predicted molar refractivity (Wildman–Crippen MR) is 89.6 cm³/mol. The first-order valence-electron chi connectivity index (χ1n) is 8.65. The van der Waals surface area contributed by atoms with Crippen molar-refractivity contribution in [1.29, 1.82) is 0 Å². The van der Waals surface area contributed by atoms with E-state index in [-0.39, 0.29) is 12.0 Å². The number of aliphatic hydroxyl groups excluding tert-OH is 1. The van der Waals surface area contributed by atoms with Crippen molar-refractivity contribution in [2.24, 2.45) is 0 Å². The molecular formula is C17H27N5O2. The van der Waals surface area contributed by atoms with E-state index in [1.807, 2.05) is 10.9 Å². The van der Waals surface area contributed by atoms with Gasteiger partial charge >= 0.3 is 0 Å². The summed E-state index contributed by atoms with van der Waals surface area (Å²) in [7, 11) is 0. The Morgan fingerprint density at radius 3 is 2.67 bits per heavy atom. The summed E-state index contributed by atoms with van der Waals surface area (Å²) in [6, 6.07) is 2.07. The normalized spacial score (nSPS) is 17.5. The van der Waals surface area contributed by atoms with Crippen LogP contribution in [0, 0.1) is 0 Å². The molecule has 0 bridgehead atoms. The van der Waals surface area contributed by atoms with Crippen LogP contribution in [0.2, 0.25) is 0 Å². The van der Waals surface area contributed by atoms with Crippen molar-refractivity contribution in [3.05, 3.63) is 29.7 Å². The molecule has 0 atom stereocenters. The van der Waals surface area contributed by atoms with Gasteiger partial charge in [0.2, 0.25) is 5.89 Å². The Hall–Kier alpha value is -1.73. The van der Waals surface area contributed by atoms with Gasteiger partial charge in [-0.3, -0.25) is 9.58 Å². The molecule has 7 nitrogen and oxygen atoms in total. The van der Waals surface area contributed by atoms with Crippen LogP contribution >= 0.6 is 0 Å². The van der Waals surface area contributed by atoms with Gasteiger partial charge in [0.15, 0.2) is 5.82 Å². The Morgan fingerprint density at radius 1 is 1.29 bits per heavy atom. The largest absolute Gasteiger partial charge is 0.394 e. The van der Waals surface area contributed by atoms with E-state index in [0.29, 0.717) is 18.4 Å². The van der Waals surface area contributed by atoms with Crippen molar-refractivity contribution in [1.82, 2.24) is 24.8 Å². The van der Waals surface area contributed by atoms with Gasteiger partial charge in [-0.2, -0.15) is 10.1 Å². The molecule has 24 heavy (non-hydrogen) atoms. The van der Waals surface area contributed by atoms with Gasteiger partial charge in [-0.25, -0.2) is 0 Å². The molecule has 1 aliphatic rings. The zero-order valence-electron chi connectivity index (χ0n) is 14.8. The number of nitrogens with zero attached hydrogens (tertiary/aromatic N) is 5. The van der Waals surface area contributed by atoms with Crippen LogP contribution in [0.5, 0.6) is 0 Å². The Labute approximate surface area is 142 Å². The quantitative estimate of drug-likeness (QED) is 0.900. The number of hydrogen-bond donors (Lipinski definition) is 1. The molecule has 3 heterocycles. The molecule has 0 aromatic carbocycles. The Morgan fingerprint density at radius 2 is 2.04 bits per heavy atom. The molecule has 0 radical (unpaired) electrons.